The summed E-state index contributed by atoms with van der Waals surface area (Å²) in [6, 6.07) is 0. The number of rotatable bonds is 2. The molecular weight excluding hydrogens is 295 g/mol. The summed E-state index contributed by atoms with van der Waals surface area (Å²) < 4.78 is 90.3. The Bertz CT molecular complexity index is 526. The van der Waals surface area contributed by atoms with E-state index in [4.69, 9.17) is 0 Å². The molecule has 3 rings (SSSR count). The van der Waals surface area contributed by atoms with E-state index < -0.39 is 38.3 Å². The average molecular weight is 306 g/mol. The van der Waals surface area contributed by atoms with Gasteiger partial charge in [0.05, 0.1) is 0 Å². The van der Waals surface area contributed by atoms with Crippen LogP contribution < -0.4 is 0 Å². The van der Waals surface area contributed by atoms with Gasteiger partial charge in [-0.3, -0.25) is 0 Å². The SMILES string of the molecule is CC12CCC(OS(=O)(=O)C(F)(F)F)(CC1)C(F)=C2F. The normalized spacial score (nSPS) is 35.9. The van der Waals surface area contributed by atoms with Crippen LogP contribution in [0, 0.1) is 5.41 Å². The van der Waals surface area contributed by atoms with Gasteiger partial charge >= 0.3 is 15.6 Å². The first-order valence-electron chi connectivity index (χ1n) is 5.52. The smallest absolute Gasteiger partial charge is 0.249 e. The van der Waals surface area contributed by atoms with Gasteiger partial charge in [-0.15, -0.1) is 0 Å². The minimum Gasteiger partial charge on any atom is -0.249 e. The molecule has 3 aliphatic carbocycles. The van der Waals surface area contributed by atoms with Gasteiger partial charge in [0.1, 0.15) is 11.4 Å². The topological polar surface area (TPSA) is 43.4 Å². The second kappa shape index (κ2) is 3.91. The molecule has 0 saturated heterocycles. The largest absolute Gasteiger partial charge is 0.523 e. The fourth-order valence-corrected chi connectivity index (χ4v) is 3.24. The first-order chi connectivity index (χ1) is 8.44. The molecule has 2 bridgehead atoms. The molecular formula is C10H11F5O3S. The molecule has 0 aromatic heterocycles. The Morgan fingerprint density at radius 3 is 1.95 bits per heavy atom. The summed E-state index contributed by atoms with van der Waals surface area (Å²) in [5.74, 6) is -2.73. The molecule has 1 fully saturated rings. The highest BCUT2D eigenvalue weighted by Crippen LogP contribution is 2.58. The average Bonchev–Trinajstić information content (AvgIpc) is 2.27. The van der Waals surface area contributed by atoms with Crippen LogP contribution in [0.15, 0.2) is 11.7 Å². The van der Waals surface area contributed by atoms with E-state index in [2.05, 4.69) is 4.18 Å². The summed E-state index contributed by atoms with van der Waals surface area (Å²) in [6.07, 6.45) is -0.505. The van der Waals surface area contributed by atoms with Crippen LogP contribution in [0.25, 0.3) is 0 Å². The molecule has 0 radical (unpaired) electrons. The molecule has 19 heavy (non-hydrogen) atoms. The third kappa shape index (κ3) is 2.06. The van der Waals surface area contributed by atoms with Gasteiger partial charge in [-0.2, -0.15) is 21.6 Å². The number of hydrogen-bond donors (Lipinski definition) is 0. The van der Waals surface area contributed by atoms with Gasteiger partial charge < -0.3 is 0 Å². The van der Waals surface area contributed by atoms with E-state index in [0.29, 0.717) is 0 Å². The van der Waals surface area contributed by atoms with E-state index in [1.165, 1.54) is 6.92 Å². The fourth-order valence-electron chi connectivity index (χ4n) is 2.49. The summed E-state index contributed by atoms with van der Waals surface area (Å²) in [4.78, 5) is 0. The number of hydrogen-bond acceptors (Lipinski definition) is 3. The van der Waals surface area contributed by atoms with Crippen LogP contribution >= 0.6 is 0 Å². The standard InChI is InChI=1S/C10H11F5O3S/c1-8-2-4-9(5-3-8,7(12)6(8)11)18-19(16,17)10(13,14)15/h2-5H2,1H3. The first-order valence-corrected chi connectivity index (χ1v) is 6.93. The number of halogens is 5. The predicted molar refractivity (Wildman–Crippen MR) is 54.6 cm³/mol. The fraction of sp³-hybridized carbons (Fsp3) is 0.800. The number of alkyl halides is 3. The lowest BCUT2D eigenvalue weighted by Crippen LogP contribution is -2.49. The second-order valence-corrected chi connectivity index (χ2v) is 6.70. The van der Waals surface area contributed by atoms with Crippen molar-refractivity contribution < 1.29 is 34.6 Å². The van der Waals surface area contributed by atoms with Crippen LogP contribution in [0.1, 0.15) is 32.6 Å². The quantitative estimate of drug-likeness (QED) is 0.446. The second-order valence-electron chi connectivity index (χ2n) is 5.17. The minimum atomic E-state index is -5.96. The van der Waals surface area contributed by atoms with E-state index in [0.717, 1.165) is 0 Å². The molecule has 9 heteroatoms. The molecule has 0 aromatic carbocycles. The summed E-state index contributed by atoms with van der Waals surface area (Å²) in [7, 11) is -5.96. The lowest BCUT2D eigenvalue weighted by molar-refractivity contribution is -0.0773. The lowest BCUT2D eigenvalue weighted by atomic mass is 9.63. The monoisotopic (exact) mass is 306 g/mol. The lowest BCUT2D eigenvalue weighted by Gasteiger charge is -2.48. The molecule has 110 valence electrons. The Hall–Kier alpha value is -0.700. The highest BCUT2D eigenvalue weighted by Gasteiger charge is 2.60. The van der Waals surface area contributed by atoms with Gasteiger partial charge in [-0.05, 0) is 25.7 Å². The molecule has 3 aliphatic rings. The van der Waals surface area contributed by atoms with Gasteiger partial charge in [0.25, 0.3) is 0 Å². The number of allylic oxidation sites excluding steroid dienone is 1. The maximum atomic E-state index is 13.8. The van der Waals surface area contributed by atoms with Crippen molar-refractivity contribution in [2.45, 2.75) is 43.7 Å². The molecule has 0 aliphatic heterocycles. The van der Waals surface area contributed by atoms with E-state index in [-0.39, 0.29) is 25.7 Å². The zero-order valence-electron chi connectivity index (χ0n) is 9.85. The number of fused-ring (bicyclic) bond motifs is 2. The van der Waals surface area contributed by atoms with Crippen molar-refractivity contribution in [1.29, 1.82) is 0 Å². The Balaban J connectivity index is 2.42. The van der Waals surface area contributed by atoms with Crippen LogP contribution in [-0.2, 0) is 14.3 Å². The van der Waals surface area contributed by atoms with Crippen molar-refractivity contribution >= 4 is 10.1 Å². The van der Waals surface area contributed by atoms with E-state index in [1.807, 2.05) is 0 Å². The Labute approximate surface area is 106 Å². The van der Waals surface area contributed by atoms with Crippen LogP contribution in [0.4, 0.5) is 22.0 Å². The summed E-state index contributed by atoms with van der Waals surface area (Å²) in [5, 5.41) is 0. The molecule has 3 nitrogen and oxygen atoms in total. The molecule has 1 saturated carbocycles. The molecule has 0 unspecified atom stereocenters. The molecule has 0 spiro atoms. The third-order valence-corrected chi connectivity index (χ3v) is 4.94. The summed E-state index contributed by atoms with van der Waals surface area (Å²) in [5.41, 5.74) is -9.07. The molecule has 0 N–H and O–H groups in total. The molecule has 0 aromatic rings. The van der Waals surface area contributed by atoms with Crippen LogP contribution in [-0.4, -0.2) is 19.5 Å². The Morgan fingerprint density at radius 1 is 1.05 bits per heavy atom. The molecule has 0 atom stereocenters. The zero-order chi connectivity index (χ0) is 14.7. The maximum absolute atomic E-state index is 13.8. The van der Waals surface area contributed by atoms with Crippen molar-refractivity contribution in [2.75, 3.05) is 0 Å². The van der Waals surface area contributed by atoms with Crippen LogP contribution in [0.5, 0.6) is 0 Å². The van der Waals surface area contributed by atoms with Gasteiger partial charge in [0, 0.05) is 5.41 Å². The predicted octanol–water partition coefficient (Wildman–Crippen LogP) is 3.34. The van der Waals surface area contributed by atoms with Crippen LogP contribution in [0.2, 0.25) is 0 Å². The Morgan fingerprint density at radius 2 is 1.53 bits per heavy atom. The zero-order valence-corrected chi connectivity index (χ0v) is 10.7. The van der Waals surface area contributed by atoms with Crippen molar-refractivity contribution in [3.05, 3.63) is 11.7 Å². The van der Waals surface area contributed by atoms with Crippen molar-refractivity contribution in [2.24, 2.45) is 5.41 Å². The summed E-state index contributed by atoms with van der Waals surface area (Å²) in [6.45, 7) is 1.45. The van der Waals surface area contributed by atoms with Gasteiger partial charge in [-0.1, -0.05) is 6.92 Å². The third-order valence-electron chi connectivity index (χ3n) is 3.84. The van der Waals surface area contributed by atoms with Crippen molar-refractivity contribution in [1.82, 2.24) is 0 Å². The Kier molecular flexibility index (Phi) is 3.02. The molecule has 0 heterocycles. The highest BCUT2D eigenvalue weighted by atomic mass is 32.2. The maximum Gasteiger partial charge on any atom is 0.523 e. The first kappa shape index (κ1) is 14.7. The van der Waals surface area contributed by atoms with Gasteiger partial charge in [0.15, 0.2) is 5.83 Å². The van der Waals surface area contributed by atoms with E-state index >= 15 is 0 Å². The van der Waals surface area contributed by atoms with E-state index in [9.17, 15) is 30.4 Å². The highest BCUT2D eigenvalue weighted by molar-refractivity contribution is 7.87. The van der Waals surface area contributed by atoms with Gasteiger partial charge in [0.2, 0.25) is 0 Å². The van der Waals surface area contributed by atoms with Gasteiger partial charge in [-0.25, -0.2) is 13.0 Å². The summed E-state index contributed by atoms with van der Waals surface area (Å²) >= 11 is 0. The van der Waals surface area contributed by atoms with E-state index in [1.54, 1.807) is 0 Å². The molecule has 0 amide bonds. The van der Waals surface area contributed by atoms with Crippen molar-refractivity contribution in [3.63, 3.8) is 0 Å². The van der Waals surface area contributed by atoms with Crippen LogP contribution in [0.3, 0.4) is 0 Å². The van der Waals surface area contributed by atoms with Crippen molar-refractivity contribution in [3.8, 4) is 0 Å². The minimum absolute atomic E-state index is 0.0413.